The van der Waals surface area contributed by atoms with Crippen LogP contribution in [0, 0.1) is 12.8 Å². The molecule has 1 atom stereocenters. The fourth-order valence-corrected chi connectivity index (χ4v) is 5.60. The molecule has 1 amide bonds. The number of fused-ring (bicyclic) bond motifs is 1. The summed E-state index contributed by atoms with van der Waals surface area (Å²) in [6, 6.07) is 12.6. The van der Waals surface area contributed by atoms with Gasteiger partial charge in [0.25, 0.3) is 5.91 Å². The van der Waals surface area contributed by atoms with E-state index < -0.39 is 0 Å². The van der Waals surface area contributed by atoms with Crippen LogP contribution in [0.5, 0.6) is 5.75 Å². The molecule has 1 saturated carbocycles. The SMILES string of the molecule is CCOc1ccc(CC2Cc3cc(N(C)C(=O)c4cc(C)on4)cnc3N2CC2CCCCC2)cc1. The second-order valence-corrected chi connectivity index (χ2v) is 10.2. The number of hydrogen-bond acceptors (Lipinski definition) is 6. The molecule has 36 heavy (non-hydrogen) atoms. The van der Waals surface area contributed by atoms with Crippen LogP contribution in [0.3, 0.4) is 0 Å². The number of amides is 1. The molecule has 2 aromatic heterocycles. The molecule has 1 aliphatic heterocycles. The molecule has 1 unspecified atom stereocenters. The normalized spacial score (nSPS) is 17.8. The smallest absolute Gasteiger partial charge is 0.280 e. The number of anilines is 2. The van der Waals surface area contributed by atoms with Gasteiger partial charge in [-0.1, -0.05) is 36.6 Å². The second-order valence-electron chi connectivity index (χ2n) is 10.2. The number of carbonyl (C=O) groups excluding carboxylic acids is 1. The van der Waals surface area contributed by atoms with E-state index in [1.54, 1.807) is 24.9 Å². The van der Waals surface area contributed by atoms with Gasteiger partial charge in [-0.15, -0.1) is 0 Å². The van der Waals surface area contributed by atoms with Crippen LogP contribution < -0.4 is 14.5 Å². The molecular weight excluding hydrogens is 452 g/mol. The van der Waals surface area contributed by atoms with Gasteiger partial charge in [-0.05, 0) is 74.8 Å². The monoisotopic (exact) mass is 488 g/mol. The van der Waals surface area contributed by atoms with E-state index in [1.165, 1.54) is 43.2 Å². The molecule has 2 aliphatic rings. The lowest BCUT2D eigenvalue weighted by Gasteiger charge is -2.32. The molecule has 1 aromatic carbocycles. The van der Waals surface area contributed by atoms with E-state index in [-0.39, 0.29) is 5.91 Å². The zero-order chi connectivity index (χ0) is 25.1. The summed E-state index contributed by atoms with van der Waals surface area (Å²) in [5, 5.41) is 3.88. The Morgan fingerprint density at radius 3 is 2.64 bits per heavy atom. The van der Waals surface area contributed by atoms with Gasteiger partial charge in [0.15, 0.2) is 5.69 Å². The first-order chi connectivity index (χ1) is 17.5. The standard InChI is InChI=1S/C29H36N4O3/c1-4-35-26-12-10-21(11-13-26)15-24-16-23-17-25(32(3)29(34)27-14-20(2)36-31-27)18-30-28(23)33(24)19-22-8-6-5-7-9-22/h10-14,17-18,22,24H,4-9,15-16,19H2,1-3H3. The van der Waals surface area contributed by atoms with E-state index >= 15 is 0 Å². The Bertz CT molecular complexity index is 1180. The predicted molar refractivity (Wildman–Crippen MR) is 141 cm³/mol. The highest BCUT2D eigenvalue weighted by atomic mass is 16.5. The molecule has 1 aliphatic carbocycles. The minimum Gasteiger partial charge on any atom is -0.494 e. The molecule has 3 aromatic rings. The molecular formula is C29H36N4O3. The third kappa shape index (κ3) is 5.25. The van der Waals surface area contributed by atoms with Crippen molar-refractivity contribution in [1.82, 2.24) is 10.1 Å². The van der Waals surface area contributed by atoms with Gasteiger partial charge in [0.2, 0.25) is 0 Å². The summed E-state index contributed by atoms with van der Waals surface area (Å²) in [5.74, 6) is 3.12. The largest absolute Gasteiger partial charge is 0.494 e. The number of aromatic nitrogens is 2. The van der Waals surface area contributed by atoms with Gasteiger partial charge >= 0.3 is 0 Å². The van der Waals surface area contributed by atoms with Gasteiger partial charge in [-0.2, -0.15) is 0 Å². The van der Waals surface area contributed by atoms with Crippen molar-refractivity contribution in [3.05, 3.63) is 65.2 Å². The van der Waals surface area contributed by atoms with Crippen molar-refractivity contribution < 1.29 is 14.1 Å². The number of ether oxygens (including phenoxy) is 1. The maximum absolute atomic E-state index is 12.9. The predicted octanol–water partition coefficient (Wildman–Crippen LogP) is 5.61. The van der Waals surface area contributed by atoms with Gasteiger partial charge < -0.3 is 19.1 Å². The quantitative estimate of drug-likeness (QED) is 0.411. The van der Waals surface area contributed by atoms with Gasteiger partial charge in [0.1, 0.15) is 17.3 Å². The van der Waals surface area contributed by atoms with Crippen LogP contribution in [0.2, 0.25) is 0 Å². The summed E-state index contributed by atoms with van der Waals surface area (Å²) in [5.41, 5.74) is 3.59. The minimum absolute atomic E-state index is 0.198. The Balaban J connectivity index is 1.37. The van der Waals surface area contributed by atoms with E-state index in [9.17, 15) is 4.79 Å². The highest BCUT2D eigenvalue weighted by Crippen LogP contribution is 2.37. The number of nitrogens with zero attached hydrogens (tertiary/aromatic N) is 4. The molecule has 0 saturated heterocycles. The Labute approximate surface area is 213 Å². The van der Waals surface area contributed by atoms with Crippen molar-refractivity contribution in [2.24, 2.45) is 5.92 Å². The highest BCUT2D eigenvalue weighted by Gasteiger charge is 2.33. The topological polar surface area (TPSA) is 71.7 Å². The average molecular weight is 489 g/mol. The second kappa shape index (κ2) is 10.7. The lowest BCUT2D eigenvalue weighted by molar-refractivity contribution is 0.0984. The highest BCUT2D eigenvalue weighted by molar-refractivity contribution is 6.04. The summed E-state index contributed by atoms with van der Waals surface area (Å²) in [6.07, 6.45) is 10.3. The molecule has 0 bridgehead atoms. The van der Waals surface area contributed by atoms with Crippen molar-refractivity contribution in [3.63, 3.8) is 0 Å². The van der Waals surface area contributed by atoms with Gasteiger partial charge in [-0.25, -0.2) is 4.98 Å². The molecule has 7 nitrogen and oxygen atoms in total. The van der Waals surface area contributed by atoms with E-state index in [0.717, 1.165) is 36.6 Å². The molecule has 1 fully saturated rings. The van der Waals surface area contributed by atoms with E-state index in [0.29, 0.717) is 30.0 Å². The van der Waals surface area contributed by atoms with Gasteiger partial charge in [0.05, 0.1) is 18.5 Å². The van der Waals surface area contributed by atoms with Gasteiger partial charge in [-0.3, -0.25) is 4.79 Å². The molecule has 190 valence electrons. The Hall–Kier alpha value is -3.35. The van der Waals surface area contributed by atoms with Crippen molar-refractivity contribution in [1.29, 1.82) is 0 Å². The molecule has 7 heteroatoms. The van der Waals surface area contributed by atoms with Gasteiger partial charge in [0, 0.05) is 25.7 Å². The summed E-state index contributed by atoms with van der Waals surface area (Å²) >= 11 is 0. The lowest BCUT2D eigenvalue weighted by Crippen LogP contribution is -2.38. The number of aryl methyl sites for hydroxylation is 1. The Morgan fingerprint density at radius 2 is 1.94 bits per heavy atom. The first-order valence-corrected chi connectivity index (χ1v) is 13.2. The molecule has 5 rings (SSSR count). The molecule has 3 heterocycles. The zero-order valence-corrected chi connectivity index (χ0v) is 21.6. The summed E-state index contributed by atoms with van der Waals surface area (Å²) in [4.78, 5) is 22.0. The first kappa shape index (κ1) is 24.3. The third-order valence-electron chi connectivity index (χ3n) is 7.52. The van der Waals surface area contributed by atoms with Crippen LogP contribution in [0.4, 0.5) is 11.5 Å². The molecule has 0 radical (unpaired) electrons. The van der Waals surface area contributed by atoms with Crippen molar-refractivity contribution >= 4 is 17.4 Å². The number of benzene rings is 1. The van der Waals surface area contributed by atoms with Crippen LogP contribution in [0.15, 0.2) is 47.1 Å². The summed E-state index contributed by atoms with van der Waals surface area (Å²) in [7, 11) is 1.77. The van der Waals surface area contributed by atoms with E-state index in [1.807, 2.05) is 13.1 Å². The van der Waals surface area contributed by atoms with E-state index in [2.05, 4.69) is 40.4 Å². The average Bonchev–Trinajstić information content (AvgIpc) is 3.48. The van der Waals surface area contributed by atoms with Crippen LogP contribution in [0.25, 0.3) is 0 Å². The number of hydrogen-bond donors (Lipinski definition) is 0. The summed E-state index contributed by atoms with van der Waals surface area (Å²) in [6.45, 7) is 5.51. The van der Waals surface area contributed by atoms with Crippen LogP contribution >= 0.6 is 0 Å². The fourth-order valence-electron chi connectivity index (χ4n) is 5.60. The minimum atomic E-state index is -0.198. The van der Waals surface area contributed by atoms with Crippen LogP contribution in [-0.2, 0) is 12.8 Å². The maximum atomic E-state index is 12.9. The van der Waals surface area contributed by atoms with Crippen LogP contribution in [0.1, 0.15) is 66.4 Å². The Kier molecular flexibility index (Phi) is 7.25. The van der Waals surface area contributed by atoms with Crippen molar-refractivity contribution in [3.8, 4) is 5.75 Å². The van der Waals surface area contributed by atoms with Crippen molar-refractivity contribution in [2.45, 2.75) is 64.8 Å². The molecule has 0 spiro atoms. The summed E-state index contributed by atoms with van der Waals surface area (Å²) < 4.78 is 10.7. The van der Waals surface area contributed by atoms with Crippen molar-refractivity contribution in [2.75, 3.05) is 30.0 Å². The number of carbonyl (C=O) groups is 1. The molecule has 0 N–H and O–H groups in total. The van der Waals surface area contributed by atoms with E-state index in [4.69, 9.17) is 14.2 Å². The lowest BCUT2D eigenvalue weighted by atomic mass is 9.88. The fraction of sp³-hybridized carbons (Fsp3) is 0.483. The third-order valence-corrected chi connectivity index (χ3v) is 7.52. The number of rotatable bonds is 8. The zero-order valence-electron chi connectivity index (χ0n) is 21.6. The first-order valence-electron chi connectivity index (χ1n) is 13.2. The van der Waals surface area contributed by atoms with Crippen LogP contribution in [-0.4, -0.2) is 42.3 Å². The Morgan fingerprint density at radius 1 is 1.17 bits per heavy atom. The number of pyridine rings is 1. The maximum Gasteiger partial charge on any atom is 0.280 e.